The van der Waals surface area contributed by atoms with Gasteiger partial charge < -0.3 is 14.6 Å². The first-order valence-electron chi connectivity index (χ1n) is 12.5. The van der Waals surface area contributed by atoms with Crippen molar-refractivity contribution in [2.24, 2.45) is 0 Å². The monoisotopic (exact) mass is 449 g/mol. The van der Waals surface area contributed by atoms with Crippen molar-refractivity contribution in [3.63, 3.8) is 0 Å². The van der Waals surface area contributed by atoms with E-state index in [0.717, 1.165) is 35.6 Å². The zero-order chi connectivity index (χ0) is 23.3. The average Bonchev–Trinajstić information content (AvgIpc) is 3.18. The number of unbranched alkanes of at least 4 members (excludes halogenated alkanes) is 7. The van der Waals surface area contributed by atoms with Crippen molar-refractivity contribution in [2.45, 2.75) is 77.7 Å². The standard InChI is InChI=1S/C28H39N3O2/c1-3-4-5-6-7-8-9-12-21-31-26-14-11-10-13-25(26)30-27(31)19-20-29-28(32)22-23-15-17-24(33-2)18-16-23/h10-11,13-18H,3-9,12,19-22H2,1-2H3,(H,29,32). The minimum atomic E-state index is 0.0332. The van der Waals surface area contributed by atoms with Crippen molar-refractivity contribution in [1.82, 2.24) is 14.9 Å². The van der Waals surface area contributed by atoms with Crippen LogP contribution in [0.3, 0.4) is 0 Å². The maximum atomic E-state index is 12.4. The third-order valence-corrected chi connectivity index (χ3v) is 6.16. The summed E-state index contributed by atoms with van der Waals surface area (Å²) in [5.74, 6) is 1.89. The number of ether oxygens (including phenoxy) is 1. The lowest BCUT2D eigenvalue weighted by atomic mass is 10.1. The summed E-state index contributed by atoms with van der Waals surface area (Å²) < 4.78 is 7.52. The zero-order valence-electron chi connectivity index (χ0n) is 20.3. The molecule has 0 unspecified atom stereocenters. The van der Waals surface area contributed by atoms with Crippen LogP contribution >= 0.6 is 0 Å². The topological polar surface area (TPSA) is 56.2 Å². The number of aromatic nitrogens is 2. The first kappa shape index (κ1) is 24.8. The summed E-state index contributed by atoms with van der Waals surface area (Å²) in [5.41, 5.74) is 3.21. The van der Waals surface area contributed by atoms with Crippen LogP contribution in [0.5, 0.6) is 5.75 Å². The molecule has 5 heteroatoms. The normalized spacial score (nSPS) is 11.1. The van der Waals surface area contributed by atoms with Crippen LogP contribution < -0.4 is 10.1 Å². The minimum absolute atomic E-state index is 0.0332. The van der Waals surface area contributed by atoms with Crippen LogP contribution in [-0.4, -0.2) is 29.1 Å². The number of benzene rings is 2. The summed E-state index contributed by atoms with van der Waals surface area (Å²) in [4.78, 5) is 17.2. The van der Waals surface area contributed by atoms with Gasteiger partial charge in [0.05, 0.1) is 24.6 Å². The fraction of sp³-hybridized carbons (Fsp3) is 0.500. The van der Waals surface area contributed by atoms with Gasteiger partial charge in [-0.1, -0.05) is 76.1 Å². The Balaban J connectivity index is 1.48. The van der Waals surface area contributed by atoms with Crippen LogP contribution in [0.4, 0.5) is 0 Å². The molecule has 178 valence electrons. The maximum Gasteiger partial charge on any atom is 0.224 e. The molecule has 0 aliphatic rings. The summed E-state index contributed by atoms with van der Waals surface area (Å²) in [7, 11) is 1.64. The van der Waals surface area contributed by atoms with Gasteiger partial charge in [0.2, 0.25) is 5.91 Å². The number of carbonyl (C=O) groups excluding carboxylic acids is 1. The van der Waals surface area contributed by atoms with Gasteiger partial charge in [0, 0.05) is 19.5 Å². The molecule has 33 heavy (non-hydrogen) atoms. The fourth-order valence-electron chi connectivity index (χ4n) is 4.27. The molecule has 0 aliphatic carbocycles. The summed E-state index contributed by atoms with van der Waals surface area (Å²) in [6.45, 7) is 3.85. The SMILES string of the molecule is CCCCCCCCCCn1c(CCNC(=O)Cc2ccc(OC)cc2)nc2ccccc21. The Bertz CT molecular complexity index is 978. The molecule has 0 fully saturated rings. The Hall–Kier alpha value is -2.82. The lowest BCUT2D eigenvalue weighted by Crippen LogP contribution is -2.28. The molecule has 1 aromatic heterocycles. The molecule has 0 spiro atoms. The van der Waals surface area contributed by atoms with Crippen molar-refractivity contribution in [3.8, 4) is 5.75 Å². The van der Waals surface area contributed by atoms with Crippen molar-refractivity contribution in [3.05, 3.63) is 59.9 Å². The Kier molecular flexibility index (Phi) is 10.3. The highest BCUT2D eigenvalue weighted by Crippen LogP contribution is 2.18. The van der Waals surface area contributed by atoms with Crippen LogP contribution in [0, 0.1) is 0 Å². The van der Waals surface area contributed by atoms with Crippen molar-refractivity contribution < 1.29 is 9.53 Å². The number of nitrogens with zero attached hydrogens (tertiary/aromatic N) is 2. The molecule has 1 N–H and O–H groups in total. The maximum absolute atomic E-state index is 12.4. The Labute approximate surface area is 198 Å². The molecule has 0 aliphatic heterocycles. The first-order chi connectivity index (χ1) is 16.2. The first-order valence-corrected chi connectivity index (χ1v) is 12.5. The predicted molar refractivity (Wildman–Crippen MR) is 136 cm³/mol. The molecule has 0 saturated carbocycles. The fourth-order valence-corrected chi connectivity index (χ4v) is 4.27. The van der Waals surface area contributed by atoms with Gasteiger partial charge in [0.1, 0.15) is 11.6 Å². The zero-order valence-corrected chi connectivity index (χ0v) is 20.3. The highest BCUT2D eigenvalue weighted by molar-refractivity contribution is 5.78. The van der Waals surface area contributed by atoms with Crippen LogP contribution in [-0.2, 0) is 24.2 Å². The van der Waals surface area contributed by atoms with Crippen molar-refractivity contribution in [2.75, 3.05) is 13.7 Å². The molecule has 3 rings (SSSR count). The second-order valence-corrected chi connectivity index (χ2v) is 8.77. The van der Waals surface area contributed by atoms with Gasteiger partial charge in [-0.3, -0.25) is 4.79 Å². The highest BCUT2D eigenvalue weighted by Gasteiger charge is 2.11. The second-order valence-electron chi connectivity index (χ2n) is 8.77. The molecule has 2 aromatic carbocycles. The van der Waals surface area contributed by atoms with Crippen LogP contribution in [0.25, 0.3) is 11.0 Å². The highest BCUT2D eigenvalue weighted by atomic mass is 16.5. The molecule has 0 bridgehead atoms. The number of hydrogen-bond acceptors (Lipinski definition) is 3. The van der Waals surface area contributed by atoms with Gasteiger partial charge in [-0.15, -0.1) is 0 Å². The Morgan fingerprint density at radius 1 is 0.939 bits per heavy atom. The van der Waals surface area contributed by atoms with E-state index >= 15 is 0 Å². The number of amides is 1. The van der Waals surface area contributed by atoms with Crippen molar-refractivity contribution in [1.29, 1.82) is 0 Å². The lowest BCUT2D eigenvalue weighted by Gasteiger charge is -2.10. The van der Waals surface area contributed by atoms with Gasteiger partial charge in [-0.05, 0) is 36.2 Å². The molecule has 5 nitrogen and oxygen atoms in total. The van der Waals surface area contributed by atoms with Gasteiger partial charge in [0.25, 0.3) is 0 Å². The van der Waals surface area contributed by atoms with E-state index in [1.165, 1.54) is 56.9 Å². The van der Waals surface area contributed by atoms with Crippen LogP contribution in [0.15, 0.2) is 48.5 Å². The second kappa shape index (κ2) is 13.7. The Morgan fingerprint density at radius 3 is 2.36 bits per heavy atom. The third-order valence-electron chi connectivity index (χ3n) is 6.16. The van der Waals surface area contributed by atoms with Crippen LogP contribution in [0.2, 0.25) is 0 Å². The molecular formula is C28H39N3O2. The van der Waals surface area contributed by atoms with Gasteiger partial charge in [-0.2, -0.15) is 0 Å². The number of methoxy groups -OCH3 is 1. The largest absolute Gasteiger partial charge is 0.497 e. The number of para-hydroxylation sites is 2. The number of fused-ring (bicyclic) bond motifs is 1. The molecule has 1 amide bonds. The number of nitrogens with one attached hydrogen (secondary N) is 1. The van der Waals surface area contributed by atoms with E-state index in [0.29, 0.717) is 13.0 Å². The summed E-state index contributed by atoms with van der Waals surface area (Å²) >= 11 is 0. The van der Waals surface area contributed by atoms with E-state index in [1.54, 1.807) is 7.11 Å². The van der Waals surface area contributed by atoms with E-state index in [2.05, 4.69) is 35.0 Å². The molecule has 0 saturated heterocycles. The minimum Gasteiger partial charge on any atom is -0.497 e. The Morgan fingerprint density at radius 2 is 1.64 bits per heavy atom. The summed E-state index contributed by atoms with van der Waals surface area (Å²) in [5, 5.41) is 3.06. The lowest BCUT2D eigenvalue weighted by molar-refractivity contribution is -0.120. The van der Waals surface area contributed by atoms with Gasteiger partial charge in [0.15, 0.2) is 0 Å². The van der Waals surface area contributed by atoms with Crippen molar-refractivity contribution >= 4 is 16.9 Å². The summed E-state index contributed by atoms with van der Waals surface area (Å²) in [6.07, 6.45) is 11.6. The summed E-state index contributed by atoms with van der Waals surface area (Å²) in [6, 6.07) is 16.0. The number of aryl methyl sites for hydroxylation is 1. The van der Waals surface area contributed by atoms with E-state index < -0.39 is 0 Å². The predicted octanol–water partition coefficient (Wildman–Crippen LogP) is 6.09. The van der Waals surface area contributed by atoms with E-state index in [1.807, 2.05) is 30.3 Å². The van der Waals surface area contributed by atoms with Gasteiger partial charge >= 0.3 is 0 Å². The van der Waals surface area contributed by atoms with E-state index in [-0.39, 0.29) is 5.91 Å². The van der Waals surface area contributed by atoms with Crippen LogP contribution in [0.1, 0.15) is 69.7 Å². The quantitative estimate of drug-likeness (QED) is 0.286. The molecule has 3 aromatic rings. The molecule has 1 heterocycles. The average molecular weight is 450 g/mol. The van der Waals surface area contributed by atoms with E-state index in [4.69, 9.17) is 9.72 Å². The smallest absolute Gasteiger partial charge is 0.224 e. The van der Waals surface area contributed by atoms with Gasteiger partial charge in [-0.25, -0.2) is 4.98 Å². The number of carbonyl (C=O) groups is 1. The number of hydrogen-bond donors (Lipinski definition) is 1. The number of imidazole rings is 1. The molecule has 0 atom stereocenters. The number of rotatable bonds is 15. The molecular weight excluding hydrogens is 410 g/mol. The van der Waals surface area contributed by atoms with E-state index in [9.17, 15) is 4.79 Å². The third kappa shape index (κ3) is 7.92. The molecule has 0 radical (unpaired) electrons.